The van der Waals surface area contributed by atoms with Gasteiger partial charge in [0.1, 0.15) is 5.76 Å². The summed E-state index contributed by atoms with van der Waals surface area (Å²) in [7, 11) is 3.16. The Morgan fingerprint density at radius 2 is 1.82 bits per heavy atom. The number of carbonyl (C=O) groups is 1. The van der Waals surface area contributed by atoms with Crippen molar-refractivity contribution in [2.75, 3.05) is 14.2 Å². The number of carbonyl (C=O) groups excluding carboxylic acids is 1. The Hall–Kier alpha value is -3.30. The van der Waals surface area contributed by atoms with Crippen molar-refractivity contribution in [2.24, 2.45) is 10.2 Å². The van der Waals surface area contributed by atoms with E-state index in [-0.39, 0.29) is 12.5 Å². The van der Waals surface area contributed by atoms with E-state index in [0.717, 1.165) is 15.6 Å². The summed E-state index contributed by atoms with van der Waals surface area (Å²) in [4.78, 5) is 15.2. The lowest BCUT2D eigenvalue weighted by Crippen LogP contribution is -2.28. The first-order valence-electron chi connectivity index (χ1n) is 9.90. The van der Waals surface area contributed by atoms with Gasteiger partial charge >= 0.3 is 0 Å². The number of hydrogen-bond donors (Lipinski definition) is 0. The first-order chi connectivity index (χ1) is 16.1. The fraction of sp³-hybridized carbons (Fsp3) is 0.125. The van der Waals surface area contributed by atoms with E-state index < -0.39 is 0 Å². The van der Waals surface area contributed by atoms with Crippen molar-refractivity contribution in [2.45, 2.75) is 6.54 Å². The molecule has 1 aliphatic heterocycles. The van der Waals surface area contributed by atoms with Crippen LogP contribution in [0.2, 0.25) is 0 Å². The van der Waals surface area contributed by atoms with Gasteiger partial charge in [-0.15, -0.1) is 5.10 Å². The van der Waals surface area contributed by atoms with Crippen LogP contribution in [0.15, 0.2) is 84.9 Å². The molecule has 168 valence electrons. The maximum absolute atomic E-state index is 13.1. The summed E-state index contributed by atoms with van der Waals surface area (Å²) in [5.41, 5.74) is 1.71. The molecule has 0 saturated carbocycles. The van der Waals surface area contributed by atoms with Crippen molar-refractivity contribution in [1.82, 2.24) is 4.90 Å². The highest BCUT2D eigenvalue weighted by Crippen LogP contribution is 2.34. The summed E-state index contributed by atoms with van der Waals surface area (Å²) in [6.45, 7) is 0.265. The number of amidine groups is 1. The van der Waals surface area contributed by atoms with E-state index in [1.165, 1.54) is 11.8 Å². The molecule has 1 aliphatic rings. The molecule has 0 spiro atoms. The van der Waals surface area contributed by atoms with Crippen molar-refractivity contribution in [3.05, 3.63) is 87.1 Å². The maximum atomic E-state index is 13.1. The number of rotatable bonds is 7. The van der Waals surface area contributed by atoms with Crippen molar-refractivity contribution < 1.29 is 18.7 Å². The topological polar surface area (TPSA) is 76.6 Å². The Balaban J connectivity index is 1.60. The van der Waals surface area contributed by atoms with E-state index in [9.17, 15) is 4.79 Å². The average Bonchev–Trinajstić information content (AvgIpc) is 3.44. The van der Waals surface area contributed by atoms with Crippen LogP contribution < -0.4 is 9.47 Å². The van der Waals surface area contributed by atoms with E-state index in [4.69, 9.17) is 13.9 Å². The fourth-order valence-electron chi connectivity index (χ4n) is 3.07. The van der Waals surface area contributed by atoms with Gasteiger partial charge in [-0.3, -0.25) is 9.69 Å². The highest BCUT2D eigenvalue weighted by atomic mass is 79.9. The summed E-state index contributed by atoms with van der Waals surface area (Å²) < 4.78 is 17.0. The number of halogens is 1. The lowest BCUT2D eigenvalue weighted by molar-refractivity contribution is -0.122. The fourth-order valence-corrected chi connectivity index (χ4v) is 4.27. The van der Waals surface area contributed by atoms with Gasteiger partial charge in [0.25, 0.3) is 5.91 Å². The first-order valence-corrected chi connectivity index (χ1v) is 11.5. The van der Waals surface area contributed by atoms with Gasteiger partial charge in [-0.2, -0.15) is 5.10 Å². The molecule has 9 heteroatoms. The zero-order chi connectivity index (χ0) is 23.2. The minimum absolute atomic E-state index is 0.153. The molecule has 1 saturated heterocycles. The SMILES string of the molecule is COc1ccc(/C=N\N=C2\S/C(=C\c3ccc(Br)cc3)C(=O)N2Cc2ccco2)cc1OC. The molecule has 0 unspecified atom stereocenters. The Morgan fingerprint density at radius 3 is 2.52 bits per heavy atom. The molecule has 0 atom stereocenters. The van der Waals surface area contributed by atoms with Crippen LogP contribution >= 0.6 is 27.7 Å². The lowest BCUT2D eigenvalue weighted by Gasteiger charge is -2.12. The van der Waals surface area contributed by atoms with Crippen molar-refractivity contribution in [1.29, 1.82) is 0 Å². The summed E-state index contributed by atoms with van der Waals surface area (Å²) in [5, 5.41) is 9.01. The van der Waals surface area contributed by atoms with Crippen LogP contribution in [0.1, 0.15) is 16.9 Å². The quantitative estimate of drug-likeness (QED) is 0.229. The van der Waals surface area contributed by atoms with Crippen molar-refractivity contribution in [3.8, 4) is 11.5 Å². The van der Waals surface area contributed by atoms with E-state index in [0.29, 0.717) is 27.3 Å². The zero-order valence-electron chi connectivity index (χ0n) is 17.9. The Kier molecular flexibility index (Phi) is 7.31. The van der Waals surface area contributed by atoms with E-state index in [2.05, 4.69) is 26.1 Å². The average molecular weight is 526 g/mol. The van der Waals surface area contributed by atoms with E-state index >= 15 is 0 Å². The third kappa shape index (κ3) is 5.55. The molecule has 0 N–H and O–H groups in total. The molecule has 7 nitrogen and oxygen atoms in total. The highest BCUT2D eigenvalue weighted by molar-refractivity contribution is 9.10. The molecule has 4 rings (SSSR count). The number of ether oxygens (including phenoxy) is 2. The number of hydrogen-bond acceptors (Lipinski definition) is 7. The standard InChI is InChI=1S/C24H20BrN3O4S/c1-30-20-10-7-17(12-21(20)31-2)14-26-27-24-28(15-19-4-3-11-32-19)23(29)22(33-24)13-16-5-8-18(25)9-6-16/h3-14H,15H2,1-2H3/b22-13-,26-14-,27-24+. The predicted octanol–water partition coefficient (Wildman–Crippen LogP) is 5.57. The molecule has 1 fully saturated rings. The summed E-state index contributed by atoms with van der Waals surface area (Å²) in [5.74, 6) is 1.73. The highest BCUT2D eigenvalue weighted by Gasteiger charge is 2.34. The molecule has 0 bridgehead atoms. The largest absolute Gasteiger partial charge is 0.493 e. The molecule has 0 aliphatic carbocycles. The van der Waals surface area contributed by atoms with Crippen molar-refractivity contribution >= 4 is 51.1 Å². The Labute approximate surface area is 203 Å². The van der Waals surface area contributed by atoms with Gasteiger partial charge in [0.2, 0.25) is 0 Å². The normalized spacial score (nSPS) is 16.3. The molecule has 2 heterocycles. The second-order valence-corrected chi connectivity index (χ2v) is 8.80. The van der Waals surface area contributed by atoms with Crippen LogP contribution in [0.5, 0.6) is 11.5 Å². The van der Waals surface area contributed by atoms with Crippen LogP contribution in [0.25, 0.3) is 6.08 Å². The third-order valence-corrected chi connectivity index (χ3v) is 6.23. The van der Waals surface area contributed by atoms with E-state index in [1.54, 1.807) is 49.8 Å². The minimum Gasteiger partial charge on any atom is -0.493 e. The van der Waals surface area contributed by atoms with Gasteiger partial charge in [-0.25, -0.2) is 0 Å². The molecular formula is C24H20BrN3O4S. The van der Waals surface area contributed by atoms with Crippen LogP contribution in [0, 0.1) is 0 Å². The summed E-state index contributed by atoms with van der Waals surface area (Å²) >= 11 is 4.70. The molecule has 3 aromatic rings. The van der Waals surface area contributed by atoms with Gasteiger partial charge in [0.05, 0.1) is 38.1 Å². The number of methoxy groups -OCH3 is 2. The molecule has 1 amide bonds. The monoisotopic (exact) mass is 525 g/mol. The molecule has 2 aromatic carbocycles. The van der Waals surface area contributed by atoms with Gasteiger partial charge in [0.15, 0.2) is 16.7 Å². The maximum Gasteiger partial charge on any atom is 0.267 e. The number of nitrogens with zero attached hydrogens (tertiary/aromatic N) is 3. The van der Waals surface area contributed by atoms with Crippen LogP contribution in [-0.2, 0) is 11.3 Å². The smallest absolute Gasteiger partial charge is 0.267 e. The van der Waals surface area contributed by atoms with Gasteiger partial charge in [-0.1, -0.05) is 28.1 Å². The zero-order valence-corrected chi connectivity index (χ0v) is 20.3. The predicted molar refractivity (Wildman–Crippen MR) is 134 cm³/mol. The second kappa shape index (κ2) is 10.5. The number of furan rings is 1. The molecule has 33 heavy (non-hydrogen) atoms. The molecule has 0 radical (unpaired) electrons. The van der Waals surface area contributed by atoms with Crippen LogP contribution in [-0.4, -0.2) is 36.4 Å². The number of thioether (sulfide) groups is 1. The van der Waals surface area contributed by atoms with E-state index in [1.807, 2.05) is 42.5 Å². The van der Waals surface area contributed by atoms with Crippen LogP contribution in [0.4, 0.5) is 0 Å². The molecular weight excluding hydrogens is 506 g/mol. The van der Waals surface area contributed by atoms with Gasteiger partial charge in [-0.05, 0) is 71.4 Å². The third-order valence-electron chi connectivity index (χ3n) is 4.71. The Bertz CT molecular complexity index is 1220. The Morgan fingerprint density at radius 1 is 1.06 bits per heavy atom. The summed E-state index contributed by atoms with van der Waals surface area (Å²) in [6.07, 6.45) is 5.02. The van der Waals surface area contributed by atoms with Crippen molar-refractivity contribution in [3.63, 3.8) is 0 Å². The second-order valence-electron chi connectivity index (χ2n) is 6.87. The van der Waals surface area contributed by atoms with Gasteiger partial charge in [0, 0.05) is 4.47 Å². The minimum atomic E-state index is -0.153. The summed E-state index contributed by atoms with van der Waals surface area (Å²) in [6, 6.07) is 16.8. The van der Waals surface area contributed by atoms with Crippen LogP contribution in [0.3, 0.4) is 0 Å². The van der Waals surface area contributed by atoms with Gasteiger partial charge < -0.3 is 13.9 Å². The first kappa shape index (κ1) is 22.9. The lowest BCUT2D eigenvalue weighted by atomic mass is 10.2. The molecule has 1 aromatic heterocycles. The number of benzene rings is 2. The number of amides is 1.